The molecule has 1 aromatic carbocycles. The molecular weight excluding hydrogens is 216 g/mol. The Labute approximate surface area is 99.3 Å². The highest BCUT2D eigenvalue weighted by Gasteiger charge is 2.12. The largest absolute Gasteiger partial charge is 0.497 e. The molecule has 0 unspecified atom stereocenters. The van der Waals surface area contributed by atoms with Gasteiger partial charge in [-0.25, -0.2) is 15.1 Å². The molecule has 0 aliphatic heterocycles. The average Bonchev–Trinajstić information content (AvgIpc) is 2.40. The third-order valence-corrected chi connectivity index (χ3v) is 2.29. The van der Waals surface area contributed by atoms with Crippen molar-refractivity contribution >= 4 is 11.7 Å². The number of rotatable bonds is 3. The van der Waals surface area contributed by atoms with Crippen molar-refractivity contribution in [3.05, 3.63) is 54.2 Å². The fourth-order valence-electron chi connectivity index (χ4n) is 1.43. The Kier molecular flexibility index (Phi) is 3.35. The molecule has 0 bridgehead atoms. The van der Waals surface area contributed by atoms with Crippen LogP contribution in [0.2, 0.25) is 0 Å². The van der Waals surface area contributed by atoms with Crippen LogP contribution in [0.1, 0.15) is 10.4 Å². The maximum atomic E-state index is 11.9. The number of hydrogen-bond donors (Lipinski definition) is 1. The fraction of sp³-hybridized carbons (Fsp3) is 0.0769. The molecule has 1 amide bonds. The van der Waals surface area contributed by atoms with Gasteiger partial charge in [0.15, 0.2) is 0 Å². The van der Waals surface area contributed by atoms with Crippen molar-refractivity contribution in [3.8, 4) is 5.75 Å². The van der Waals surface area contributed by atoms with E-state index >= 15 is 0 Å². The van der Waals surface area contributed by atoms with Crippen LogP contribution >= 0.6 is 0 Å². The molecular formula is C13H13N2O2+. The summed E-state index contributed by atoms with van der Waals surface area (Å²) in [6, 6.07) is 12.5. The minimum absolute atomic E-state index is 0.175. The van der Waals surface area contributed by atoms with Crippen LogP contribution in [0.3, 0.4) is 0 Å². The first-order chi connectivity index (χ1) is 8.29. The minimum Gasteiger partial charge on any atom is -0.497 e. The molecule has 0 aliphatic rings. The van der Waals surface area contributed by atoms with E-state index < -0.39 is 0 Å². The average molecular weight is 229 g/mol. The Morgan fingerprint density at radius 3 is 2.82 bits per heavy atom. The molecule has 0 spiro atoms. The van der Waals surface area contributed by atoms with E-state index in [9.17, 15) is 4.79 Å². The second-order valence-corrected chi connectivity index (χ2v) is 3.46. The number of aromatic amines is 1. The standard InChI is InChI=1S/C13H12N2O2/c1-17-11-6-4-5-10(9-11)13(16)15-12-7-2-3-8-14-12/h2-9H,1H3,(H,14,15,16)/p+1. The maximum Gasteiger partial charge on any atom is 0.339 e. The Hall–Kier alpha value is -2.36. The third-order valence-electron chi connectivity index (χ3n) is 2.29. The first-order valence-corrected chi connectivity index (χ1v) is 5.22. The summed E-state index contributed by atoms with van der Waals surface area (Å²) >= 11 is 0. The summed E-state index contributed by atoms with van der Waals surface area (Å²) in [5.74, 6) is 1.14. The first-order valence-electron chi connectivity index (χ1n) is 5.22. The number of aromatic nitrogens is 1. The summed E-state index contributed by atoms with van der Waals surface area (Å²) in [6.45, 7) is 0. The van der Waals surface area contributed by atoms with Crippen LogP contribution in [0.25, 0.3) is 0 Å². The fourth-order valence-corrected chi connectivity index (χ4v) is 1.43. The molecule has 0 fully saturated rings. The van der Waals surface area contributed by atoms with Gasteiger partial charge < -0.3 is 4.74 Å². The summed E-state index contributed by atoms with van der Waals surface area (Å²) in [4.78, 5) is 14.8. The number of methoxy groups -OCH3 is 1. The summed E-state index contributed by atoms with van der Waals surface area (Å²) < 4.78 is 5.07. The van der Waals surface area contributed by atoms with Gasteiger partial charge in [-0.3, -0.25) is 0 Å². The molecule has 4 nitrogen and oxygen atoms in total. The van der Waals surface area contributed by atoms with Crippen molar-refractivity contribution in [2.45, 2.75) is 0 Å². The van der Waals surface area contributed by atoms with E-state index in [2.05, 4.69) is 10.3 Å². The quantitative estimate of drug-likeness (QED) is 0.871. The molecule has 2 aromatic rings. The summed E-state index contributed by atoms with van der Waals surface area (Å²) in [6.07, 6.45) is 1.75. The Balaban J connectivity index is 2.14. The van der Waals surface area contributed by atoms with Crippen LogP contribution in [0, 0.1) is 0 Å². The van der Waals surface area contributed by atoms with Gasteiger partial charge in [0.05, 0.1) is 18.9 Å². The first kappa shape index (κ1) is 11.1. The normalized spacial score (nSPS) is 9.71. The zero-order valence-electron chi connectivity index (χ0n) is 9.44. The van der Waals surface area contributed by atoms with Gasteiger partial charge in [-0.05, 0) is 24.3 Å². The highest BCUT2D eigenvalue weighted by atomic mass is 16.5. The predicted octanol–water partition coefficient (Wildman–Crippen LogP) is 1.76. The van der Waals surface area contributed by atoms with Crippen LogP contribution in [0.5, 0.6) is 5.75 Å². The molecule has 0 radical (unpaired) electrons. The molecule has 1 heterocycles. The van der Waals surface area contributed by atoms with Crippen molar-refractivity contribution < 1.29 is 14.5 Å². The van der Waals surface area contributed by atoms with Crippen molar-refractivity contribution in [2.24, 2.45) is 0 Å². The molecule has 4 heteroatoms. The van der Waals surface area contributed by atoms with Crippen molar-refractivity contribution in [1.82, 2.24) is 0 Å². The summed E-state index contributed by atoms with van der Waals surface area (Å²) in [5, 5.41) is 2.76. The van der Waals surface area contributed by atoms with Gasteiger partial charge in [0.25, 0.3) is 5.82 Å². The lowest BCUT2D eigenvalue weighted by molar-refractivity contribution is -0.360. The lowest BCUT2D eigenvalue weighted by atomic mass is 10.2. The molecule has 2 rings (SSSR count). The number of hydrogen-bond acceptors (Lipinski definition) is 2. The second-order valence-electron chi connectivity index (χ2n) is 3.46. The highest BCUT2D eigenvalue weighted by molar-refractivity contribution is 6.03. The molecule has 0 saturated carbocycles. The smallest absolute Gasteiger partial charge is 0.339 e. The molecule has 86 valence electrons. The number of carbonyl (C=O) groups excluding carboxylic acids is 1. The number of nitrogens with one attached hydrogen (secondary N) is 2. The van der Waals surface area contributed by atoms with Gasteiger partial charge in [0.1, 0.15) is 5.75 Å². The van der Waals surface area contributed by atoms with Crippen LogP contribution in [-0.4, -0.2) is 13.0 Å². The number of benzene rings is 1. The summed E-state index contributed by atoms with van der Waals surface area (Å²) in [7, 11) is 1.57. The van der Waals surface area contributed by atoms with Crippen molar-refractivity contribution in [1.29, 1.82) is 0 Å². The topological polar surface area (TPSA) is 52.5 Å². The number of carbonyl (C=O) groups is 1. The van der Waals surface area contributed by atoms with Gasteiger partial charge in [0, 0.05) is 6.07 Å². The molecule has 0 atom stereocenters. The van der Waals surface area contributed by atoms with E-state index in [4.69, 9.17) is 4.74 Å². The van der Waals surface area contributed by atoms with E-state index in [1.807, 2.05) is 12.1 Å². The molecule has 2 N–H and O–H groups in total. The Bertz CT molecular complexity index is 512. The SMILES string of the molecule is COc1cccc(C(=O)Nc2cccc[nH+]2)c1. The van der Waals surface area contributed by atoms with Crippen LogP contribution < -0.4 is 15.0 Å². The van der Waals surface area contributed by atoms with E-state index in [1.165, 1.54) is 0 Å². The van der Waals surface area contributed by atoms with Gasteiger partial charge >= 0.3 is 5.91 Å². The second kappa shape index (κ2) is 5.12. The maximum absolute atomic E-state index is 11.9. The summed E-state index contributed by atoms with van der Waals surface area (Å²) in [5.41, 5.74) is 0.557. The monoisotopic (exact) mass is 229 g/mol. The number of pyridine rings is 1. The molecule has 0 aliphatic carbocycles. The predicted molar refractivity (Wildman–Crippen MR) is 63.9 cm³/mol. The van der Waals surface area contributed by atoms with E-state index in [0.717, 1.165) is 0 Å². The zero-order chi connectivity index (χ0) is 12.1. The van der Waals surface area contributed by atoms with Gasteiger partial charge in [-0.1, -0.05) is 12.1 Å². The number of anilines is 1. The van der Waals surface area contributed by atoms with Gasteiger partial charge in [0.2, 0.25) is 0 Å². The number of ether oxygens (including phenoxy) is 1. The van der Waals surface area contributed by atoms with Crippen LogP contribution in [0.15, 0.2) is 48.7 Å². The zero-order valence-corrected chi connectivity index (χ0v) is 9.44. The van der Waals surface area contributed by atoms with E-state index in [1.54, 1.807) is 43.6 Å². The molecule has 17 heavy (non-hydrogen) atoms. The van der Waals surface area contributed by atoms with Gasteiger partial charge in [-0.15, -0.1) is 0 Å². The molecule has 1 aromatic heterocycles. The van der Waals surface area contributed by atoms with Gasteiger partial charge in [-0.2, -0.15) is 0 Å². The van der Waals surface area contributed by atoms with Crippen LogP contribution in [0.4, 0.5) is 5.82 Å². The van der Waals surface area contributed by atoms with Crippen molar-refractivity contribution in [3.63, 3.8) is 0 Å². The van der Waals surface area contributed by atoms with E-state index in [-0.39, 0.29) is 5.91 Å². The highest BCUT2D eigenvalue weighted by Crippen LogP contribution is 2.13. The Morgan fingerprint density at radius 1 is 1.24 bits per heavy atom. The number of H-pyrrole nitrogens is 1. The lowest BCUT2D eigenvalue weighted by Gasteiger charge is -2.01. The lowest BCUT2D eigenvalue weighted by Crippen LogP contribution is -2.18. The number of amides is 1. The van der Waals surface area contributed by atoms with Crippen LogP contribution in [-0.2, 0) is 0 Å². The third kappa shape index (κ3) is 2.81. The Morgan fingerprint density at radius 2 is 2.12 bits per heavy atom. The molecule has 0 saturated heterocycles. The minimum atomic E-state index is -0.175. The van der Waals surface area contributed by atoms with Crippen molar-refractivity contribution in [2.75, 3.05) is 12.4 Å². The van der Waals surface area contributed by atoms with E-state index in [0.29, 0.717) is 17.1 Å².